The van der Waals surface area contributed by atoms with Crippen molar-refractivity contribution in [2.24, 2.45) is 0 Å². The van der Waals surface area contributed by atoms with E-state index in [0.29, 0.717) is 10.6 Å². The number of benzene rings is 1. The molecule has 0 aliphatic carbocycles. The van der Waals surface area contributed by atoms with Gasteiger partial charge in [0.05, 0.1) is 6.42 Å². The molecule has 0 radical (unpaired) electrons. The summed E-state index contributed by atoms with van der Waals surface area (Å²) in [6, 6.07) is 5.74. The lowest BCUT2D eigenvalue weighted by Gasteiger charge is -1.98. The lowest BCUT2D eigenvalue weighted by atomic mass is 10.2. The van der Waals surface area contributed by atoms with E-state index in [0.717, 1.165) is 11.3 Å². The molecule has 0 spiro atoms. The highest BCUT2D eigenvalue weighted by molar-refractivity contribution is 7.18. The van der Waals surface area contributed by atoms with Gasteiger partial charge in [-0.1, -0.05) is 11.3 Å². The van der Waals surface area contributed by atoms with Crippen molar-refractivity contribution in [2.75, 3.05) is 5.32 Å². The fourth-order valence-electron chi connectivity index (χ4n) is 1.39. The highest BCUT2D eigenvalue weighted by Gasteiger charge is 2.10. The summed E-state index contributed by atoms with van der Waals surface area (Å²) < 4.78 is 12.8. The molecule has 2 N–H and O–H groups in total. The van der Waals surface area contributed by atoms with Gasteiger partial charge in [-0.3, -0.25) is 9.59 Å². The van der Waals surface area contributed by atoms with Gasteiger partial charge in [-0.05, 0) is 24.3 Å². The van der Waals surface area contributed by atoms with Crippen molar-refractivity contribution in [1.29, 1.82) is 0 Å². The molecule has 1 amide bonds. The second-order valence-electron chi connectivity index (χ2n) is 3.86. The smallest absolute Gasteiger partial charge is 0.303 e. The van der Waals surface area contributed by atoms with Crippen LogP contribution in [-0.2, 0) is 9.59 Å². The van der Waals surface area contributed by atoms with Crippen LogP contribution in [0.3, 0.4) is 0 Å². The molecule has 6 nitrogen and oxygen atoms in total. The van der Waals surface area contributed by atoms with Gasteiger partial charge in [-0.2, -0.15) is 0 Å². The number of aliphatic carboxylic acids is 1. The highest BCUT2D eigenvalue weighted by atomic mass is 32.1. The van der Waals surface area contributed by atoms with Gasteiger partial charge in [-0.15, -0.1) is 10.2 Å². The van der Waals surface area contributed by atoms with Crippen LogP contribution in [-0.4, -0.2) is 27.2 Å². The van der Waals surface area contributed by atoms with Crippen LogP contribution in [0, 0.1) is 5.82 Å². The van der Waals surface area contributed by atoms with E-state index in [-0.39, 0.29) is 23.8 Å². The minimum Gasteiger partial charge on any atom is -0.481 e. The minimum atomic E-state index is -1.04. The number of hydrogen-bond acceptors (Lipinski definition) is 5. The minimum absolute atomic E-state index is 0.124. The average Bonchev–Trinajstić information content (AvgIpc) is 2.85. The number of nitrogens with one attached hydrogen (secondary N) is 1. The molecule has 104 valence electrons. The molecule has 0 unspecified atom stereocenters. The number of carbonyl (C=O) groups excluding carboxylic acids is 1. The lowest BCUT2D eigenvalue weighted by molar-refractivity contribution is -0.138. The fourth-order valence-corrected chi connectivity index (χ4v) is 2.15. The van der Waals surface area contributed by atoms with Crippen LogP contribution in [0.5, 0.6) is 0 Å². The van der Waals surface area contributed by atoms with Crippen LogP contribution < -0.4 is 5.32 Å². The number of hydrogen-bond donors (Lipinski definition) is 2. The molecular formula is C12H10FN3O3S. The number of rotatable bonds is 5. The molecule has 2 aromatic rings. The van der Waals surface area contributed by atoms with Gasteiger partial charge in [0.2, 0.25) is 11.0 Å². The zero-order chi connectivity index (χ0) is 14.5. The number of carboxylic acid groups (broad SMARTS) is 1. The molecule has 1 aromatic carbocycles. The van der Waals surface area contributed by atoms with Gasteiger partial charge in [0.25, 0.3) is 0 Å². The number of carbonyl (C=O) groups is 2. The first kappa shape index (κ1) is 14.1. The Hall–Kier alpha value is -2.35. The van der Waals surface area contributed by atoms with Crippen molar-refractivity contribution in [1.82, 2.24) is 10.2 Å². The third-order valence-electron chi connectivity index (χ3n) is 2.33. The summed E-state index contributed by atoms with van der Waals surface area (Å²) in [6.45, 7) is 0. The monoisotopic (exact) mass is 295 g/mol. The topological polar surface area (TPSA) is 92.2 Å². The molecule has 8 heteroatoms. The number of nitrogens with zero attached hydrogens (tertiary/aromatic N) is 2. The molecule has 20 heavy (non-hydrogen) atoms. The van der Waals surface area contributed by atoms with Crippen LogP contribution in [0.25, 0.3) is 10.6 Å². The Morgan fingerprint density at radius 2 is 1.90 bits per heavy atom. The second kappa shape index (κ2) is 6.20. The van der Waals surface area contributed by atoms with Crippen molar-refractivity contribution >= 4 is 28.3 Å². The average molecular weight is 295 g/mol. The maximum absolute atomic E-state index is 12.8. The van der Waals surface area contributed by atoms with Gasteiger partial charge in [0.1, 0.15) is 10.8 Å². The summed E-state index contributed by atoms with van der Waals surface area (Å²) in [5.41, 5.74) is 0.690. The normalized spacial score (nSPS) is 10.2. The van der Waals surface area contributed by atoms with E-state index >= 15 is 0 Å². The molecule has 0 fully saturated rings. The summed E-state index contributed by atoms with van der Waals surface area (Å²) in [4.78, 5) is 21.8. The largest absolute Gasteiger partial charge is 0.481 e. The maximum atomic E-state index is 12.8. The predicted molar refractivity (Wildman–Crippen MR) is 70.8 cm³/mol. The molecule has 0 aliphatic rings. The zero-order valence-corrected chi connectivity index (χ0v) is 11.0. The number of aromatic nitrogens is 2. The van der Waals surface area contributed by atoms with E-state index in [1.54, 1.807) is 12.1 Å². The van der Waals surface area contributed by atoms with E-state index in [2.05, 4.69) is 15.5 Å². The molecule has 0 atom stereocenters. The van der Waals surface area contributed by atoms with Gasteiger partial charge in [-0.25, -0.2) is 4.39 Å². The van der Waals surface area contributed by atoms with Gasteiger partial charge in [0.15, 0.2) is 0 Å². The van der Waals surface area contributed by atoms with E-state index in [4.69, 9.17) is 5.11 Å². The van der Waals surface area contributed by atoms with Gasteiger partial charge < -0.3 is 10.4 Å². The fraction of sp³-hybridized carbons (Fsp3) is 0.167. The first-order chi connectivity index (χ1) is 9.54. The van der Waals surface area contributed by atoms with Crippen LogP contribution in [0.4, 0.5) is 9.52 Å². The van der Waals surface area contributed by atoms with Crippen molar-refractivity contribution in [2.45, 2.75) is 12.8 Å². The first-order valence-electron chi connectivity index (χ1n) is 5.65. The Labute approximate surface area is 117 Å². The first-order valence-corrected chi connectivity index (χ1v) is 6.47. The number of halogens is 1. The van der Waals surface area contributed by atoms with E-state index in [1.807, 2.05) is 0 Å². The summed E-state index contributed by atoms with van der Waals surface area (Å²) in [5.74, 6) is -1.82. The predicted octanol–water partition coefficient (Wildman–Crippen LogP) is 2.15. The van der Waals surface area contributed by atoms with Crippen molar-refractivity contribution in [3.05, 3.63) is 30.1 Å². The maximum Gasteiger partial charge on any atom is 0.303 e. The van der Waals surface area contributed by atoms with E-state index in [1.165, 1.54) is 12.1 Å². The second-order valence-corrected chi connectivity index (χ2v) is 4.84. The zero-order valence-electron chi connectivity index (χ0n) is 10.2. The Morgan fingerprint density at radius 3 is 2.55 bits per heavy atom. The summed E-state index contributed by atoms with van der Waals surface area (Å²) in [7, 11) is 0. The van der Waals surface area contributed by atoms with Crippen LogP contribution in [0.2, 0.25) is 0 Å². The van der Waals surface area contributed by atoms with Crippen LogP contribution in [0.1, 0.15) is 12.8 Å². The highest BCUT2D eigenvalue weighted by Crippen LogP contribution is 2.26. The number of amides is 1. The molecule has 0 aliphatic heterocycles. The third kappa shape index (κ3) is 3.82. The summed E-state index contributed by atoms with van der Waals surface area (Å²) in [5, 5.41) is 19.4. The van der Waals surface area contributed by atoms with Crippen molar-refractivity contribution in [3.63, 3.8) is 0 Å². The number of carboxylic acids is 1. The van der Waals surface area contributed by atoms with E-state index in [9.17, 15) is 14.0 Å². The Kier molecular flexibility index (Phi) is 4.36. The van der Waals surface area contributed by atoms with Gasteiger partial charge >= 0.3 is 5.97 Å². The van der Waals surface area contributed by atoms with Crippen molar-refractivity contribution in [3.8, 4) is 10.6 Å². The number of anilines is 1. The van der Waals surface area contributed by atoms with Crippen LogP contribution >= 0.6 is 11.3 Å². The SMILES string of the molecule is O=C(O)CCC(=O)Nc1nnc(-c2ccc(F)cc2)s1. The third-order valence-corrected chi connectivity index (χ3v) is 3.22. The Balaban J connectivity index is 2.00. The van der Waals surface area contributed by atoms with Crippen LogP contribution in [0.15, 0.2) is 24.3 Å². The molecule has 2 rings (SSSR count). The molecular weight excluding hydrogens is 285 g/mol. The van der Waals surface area contributed by atoms with Crippen molar-refractivity contribution < 1.29 is 19.1 Å². The molecule has 0 saturated heterocycles. The van der Waals surface area contributed by atoms with E-state index < -0.39 is 11.9 Å². The summed E-state index contributed by atoms with van der Waals surface area (Å²) >= 11 is 1.13. The van der Waals surface area contributed by atoms with Gasteiger partial charge in [0, 0.05) is 12.0 Å². The Morgan fingerprint density at radius 1 is 1.20 bits per heavy atom. The molecule has 0 saturated carbocycles. The standard InChI is InChI=1S/C12H10FN3O3S/c13-8-3-1-7(2-4-8)11-15-16-12(20-11)14-9(17)5-6-10(18)19/h1-4H,5-6H2,(H,18,19)(H,14,16,17). The molecule has 1 aromatic heterocycles. The lowest BCUT2D eigenvalue weighted by Crippen LogP contribution is -2.12. The summed E-state index contributed by atoms with van der Waals surface area (Å²) in [6.07, 6.45) is -0.365. The Bertz CT molecular complexity index is 627. The quantitative estimate of drug-likeness (QED) is 0.881. The molecule has 0 bridgehead atoms. The molecule has 1 heterocycles.